The lowest BCUT2D eigenvalue weighted by molar-refractivity contribution is -0.136. The number of nitrogens with one attached hydrogen (secondary N) is 1. The third kappa shape index (κ3) is 4.58. The summed E-state index contributed by atoms with van der Waals surface area (Å²) < 4.78 is 44.7. The molecule has 178 valence electrons. The van der Waals surface area contributed by atoms with Crippen LogP contribution in [0, 0.1) is 0 Å². The Bertz CT molecular complexity index is 1390. The lowest BCUT2D eigenvalue weighted by Crippen LogP contribution is -2.12. The lowest BCUT2D eigenvalue weighted by atomic mass is 10.1. The van der Waals surface area contributed by atoms with E-state index in [2.05, 4.69) is 5.32 Å². The molecule has 0 spiro atoms. The minimum atomic E-state index is -4.00. The first kappa shape index (κ1) is 23.2. The molecule has 2 aromatic carbocycles. The number of benzene rings is 2. The molecule has 0 fully saturated rings. The summed E-state index contributed by atoms with van der Waals surface area (Å²) in [5.74, 6) is 0.974. The molecule has 0 radical (unpaired) electrons. The van der Waals surface area contributed by atoms with Crippen molar-refractivity contribution < 1.29 is 32.5 Å². The highest BCUT2D eigenvalue weighted by Crippen LogP contribution is 2.36. The lowest BCUT2D eigenvalue weighted by Gasteiger charge is -2.12. The number of aliphatic carboxylic acids is 1. The molecule has 0 saturated heterocycles. The molecule has 4 rings (SSSR count). The monoisotopic (exact) mass is 484 g/mol. The Kier molecular flexibility index (Phi) is 6.51. The zero-order valence-corrected chi connectivity index (χ0v) is 19.5. The van der Waals surface area contributed by atoms with Gasteiger partial charge < -0.3 is 24.6 Å². The van der Waals surface area contributed by atoms with Gasteiger partial charge in [-0.2, -0.15) is 0 Å². The summed E-state index contributed by atoms with van der Waals surface area (Å²) in [5.41, 5.74) is 0.940. The van der Waals surface area contributed by atoms with Crippen LogP contribution in [-0.2, 0) is 21.2 Å². The molecular formula is C24H24N2O7S. The van der Waals surface area contributed by atoms with Crippen LogP contribution in [0.5, 0.6) is 17.2 Å². The number of nitrogens with zero attached hydrogens (tertiary/aromatic N) is 1. The van der Waals surface area contributed by atoms with Gasteiger partial charge in [0.25, 0.3) is 10.0 Å². The van der Waals surface area contributed by atoms with E-state index in [1.165, 1.54) is 32.5 Å². The Labute approximate surface area is 196 Å². The smallest absolute Gasteiger partial charge is 0.303 e. The number of carboxylic acids is 1. The summed E-state index contributed by atoms with van der Waals surface area (Å²) in [6.07, 6.45) is 6.90. The van der Waals surface area contributed by atoms with E-state index in [0.29, 0.717) is 46.0 Å². The summed E-state index contributed by atoms with van der Waals surface area (Å²) >= 11 is 0. The van der Waals surface area contributed by atoms with Crippen molar-refractivity contribution in [2.45, 2.75) is 17.7 Å². The van der Waals surface area contributed by atoms with Crippen LogP contribution < -0.4 is 19.5 Å². The van der Waals surface area contributed by atoms with E-state index in [1.807, 2.05) is 6.08 Å². The second kappa shape index (κ2) is 9.52. The SMILES string of the molecule is COc1cc2c(CCC(=O)O)cn(S(=O)(=O)c3ccc(OC4=CCNC=C4)cc3)c2cc1OC. The van der Waals surface area contributed by atoms with E-state index in [-0.39, 0.29) is 17.7 Å². The Morgan fingerprint density at radius 2 is 1.82 bits per heavy atom. The normalized spacial score (nSPS) is 13.3. The van der Waals surface area contributed by atoms with Gasteiger partial charge in [-0.3, -0.25) is 4.79 Å². The molecule has 2 heterocycles. The predicted molar refractivity (Wildman–Crippen MR) is 126 cm³/mol. The van der Waals surface area contributed by atoms with Gasteiger partial charge in [0, 0.05) is 36.8 Å². The van der Waals surface area contributed by atoms with Crippen molar-refractivity contribution in [2.75, 3.05) is 20.8 Å². The van der Waals surface area contributed by atoms with Crippen molar-refractivity contribution in [3.63, 3.8) is 0 Å². The van der Waals surface area contributed by atoms with Crippen molar-refractivity contribution in [3.05, 3.63) is 72.3 Å². The van der Waals surface area contributed by atoms with Crippen LogP contribution in [0.2, 0.25) is 0 Å². The van der Waals surface area contributed by atoms with E-state index in [0.717, 1.165) is 3.97 Å². The molecule has 0 saturated carbocycles. The minimum Gasteiger partial charge on any atom is -0.493 e. The molecule has 1 aliphatic heterocycles. The van der Waals surface area contributed by atoms with Crippen LogP contribution in [-0.4, -0.2) is 44.2 Å². The second-order valence-electron chi connectivity index (χ2n) is 7.49. The highest BCUT2D eigenvalue weighted by Gasteiger charge is 2.23. The first-order valence-electron chi connectivity index (χ1n) is 10.4. The number of carbonyl (C=O) groups is 1. The van der Waals surface area contributed by atoms with Gasteiger partial charge in [0.05, 0.1) is 24.6 Å². The predicted octanol–water partition coefficient (Wildman–Crippen LogP) is 3.29. The quantitative estimate of drug-likeness (QED) is 0.475. The highest BCUT2D eigenvalue weighted by molar-refractivity contribution is 7.90. The van der Waals surface area contributed by atoms with Gasteiger partial charge in [-0.15, -0.1) is 0 Å². The largest absolute Gasteiger partial charge is 0.493 e. The van der Waals surface area contributed by atoms with Gasteiger partial charge in [0.1, 0.15) is 11.5 Å². The fourth-order valence-corrected chi connectivity index (χ4v) is 5.05. The van der Waals surface area contributed by atoms with E-state index >= 15 is 0 Å². The average Bonchev–Trinajstić information content (AvgIpc) is 3.21. The molecule has 0 amide bonds. The number of hydrogen-bond donors (Lipinski definition) is 2. The van der Waals surface area contributed by atoms with Gasteiger partial charge in [-0.1, -0.05) is 0 Å². The Morgan fingerprint density at radius 3 is 2.44 bits per heavy atom. The Hall–Kier alpha value is -3.92. The van der Waals surface area contributed by atoms with E-state index in [9.17, 15) is 13.2 Å². The second-order valence-corrected chi connectivity index (χ2v) is 9.31. The molecule has 0 bridgehead atoms. The van der Waals surface area contributed by atoms with E-state index in [1.54, 1.807) is 36.5 Å². The summed E-state index contributed by atoms with van der Waals surface area (Å²) in [6, 6.07) is 9.35. The number of dihydropyridines is 1. The maximum absolute atomic E-state index is 13.6. The third-order valence-corrected chi connectivity index (χ3v) is 7.06. The minimum absolute atomic E-state index is 0.0613. The van der Waals surface area contributed by atoms with Crippen LogP contribution in [0.4, 0.5) is 0 Å². The molecule has 0 unspecified atom stereocenters. The number of rotatable bonds is 9. The number of fused-ring (bicyclic) bond motifs is 1. The number of aromatic nitrogens is 1. The Morgan fingerprint density at radius 1 is 1.12 bits per heavy atom. The molecule has 0 aliphatic carbocycles. The van der Waals surface area contributed by atoms with Crippen LogP contribution >= 0.6 is 0 Å². The number of carboxylic acid groups (broad SMARTS) is 1. The fourth-order valence-electron chi connectivity index (χ4n) is 3.67. The van der Waals surface area contributed by atoms with Gasteiger partial charge in [-0.25, -0.2) is 12.4 Å². The number of ether oxygens (including phenoxy) is 3. The first-order valence-corrected chi connectivity index (χ1v) is 11.9. The Balaban J connectivity index is 1.75. The van der Waals surface area contributed by atoms with Crippen molar-refractivity contribution >= 4 is 26.9 Å². The van der Waals surface area contributed by atoms with Crippen molar-refractivity contribution in [1.29, 1.82) is 0 Å². The topological polar surface area (TPSA) is 116 Å². The molecule has 10 heteroatoms. The van der Waals surface area contributed by atoms with Gasteiger partial charge in [-0.05, 0) is 54.5 Å². The summed E-state index contributed by atoms with van der Waals surface area (Å²) in [6.45, 7) is 0.650. The number of hydrogen-bond acceptors (Lipinski definition) is 7. The standard InChI is InChI=1S/C24H24N2O7S/c1-31-22-13-20-16(3-8-24(27)28)15-26(21(20)14-23(22)32-2)34(29,30)19-6-4-17(5-7-19)33-18-9-11-25-12-10-18/h4-7,9-11,13-15,25H,3,8,12H2,1-2H3,(H,27,28). The zero-order valence-electron chi connectivity index (χ0n) is 18.6. The molecular weight excluding hydrogens is 460 g/mol. The van der Waals surface area contributed by atoms with Crippen molar-refractivity contribution in [1.82, 2.24) is 9.29 Å². The summed E-state index contributed by atoms with van der Waals surface area (Å²) in [5, 5.41) is 12.7. The van der Waals surface area contributed by atoms with Crippen molar-refractivity contribution in [3.8, 4) is 17.2 Å². The fraction of sp³-hybridized carbons (Fsp3) is 0.208. The van der Waals surface area contributed by atoms with Crippen LogP contribution in [0.1, 0.15) is 12.0 Å². The maximum atomic E-state index is 13.6. The molecule has 1 aromatic heterocycles. The van der Waals surface area contributed by atoms with Gasteiger partial charge >= 0.3 is 5.97 Å². The highest BCUT2D eigenvalue weighted by atomic mass is 32.2. The number of allylic oxidation sites excluding steroid dienone is 1. The van der Waals surface area contributed by atoms with Crippen LogP contribution in [0.3, 0.4) is 0 Å². The molecule has 2 N–H and O–H groups in total. The molecule has 3 aromatic rings. The summed E-state index contributed by atoms with van der Waals surface area (Å²) in [7, 11) is -1.06. The van der Waals surface area contributed by atoms with E-state index in [4.69, 9.17) is 19.3 Å². The number of methoxy groups -OCH3 is 2. The van der Waals surface area contributed by atoms with Crippen molar-refractivity contribution in [2.24, 2.45) is 0 Å². The van der Waals surface area contributed by atoms with E-state index < -0.39 is 16.0 Å². The van der Waals surface area contributed by atoms with Gasteiger partial charge in [0.2, 0.25) is 0 Å². The van der Waals surface area contributed by atoms with Gasteiger partial charge in [0.15, 0.2) is 11.5 Å². The average molecular weight is 485 g/mol. The summed E-state index contributed by atoms with van der Waals surface area (Å²) in [4.78, 5) is 11.2. The molecule has 34 heavy (non-hydrogen) atoms. The number of aryl methyl sites for hydroxylation is 1. The molecule has 0 atom stereocenters. The van der Waals surface area contributed by atoms with Crippen LogP contribution in [0.25, 0.3) is 10.9 Å². The maximum Gasteiger partial charge on any atom is 0.303 e. The molecule has 9 nitrogen and oxygen atoms in total. The van der Waals surface area contributed by atoms with Crippen LogP contribution in [0.15, 0.2) is 71.6 Å². The first-order chi connectivity index (χ1) is 16.3. The molecule has 1 aliphatic rings. The zero-order chi connectivity index (χ0) is 24.3. The third-order valence-electron chi connectivity index (χ3n) is 5.37.